The van der Waals surface area contributed by atoms with E-state index in [2.05, 4.69) is 20.0 Å². The Morgan fingerprint density at radius 2 is 2.35 bits per heavy atom. The van der Waals surface area contributed by atoms with Gasteiger partial charge in [0.05, 0.1) is 10.7 Å². The predicted octanol–water partition coefficient (Wildman–Crippen LogP) is 1.83. The summed E-state index contributed by atoms with van der Waals surface area (Å²) in [7, 11) is 0. The molecule has 1 atom stereocenters. The fourth-order valence-corrected chi connectivity index (χ4v) is 2.93. The van der Waals surface area contributed by atoms with E-state index in [9.17, 15) is 0 Å². The molecule has 1 unspecified atom stereocenters. The molecule has 0 aliphatic carbocycles. The fourth-order valence-electron chi connectivity index (χ4n) is 2.71. The number of piperidine rings is 1. The van der Waals surface area contributed by atoms with Crippen molar-refractivity contribution in [2.75, 3.05) is 23.7 Å². The maximum absolute atomic E-state index is 6.23. The molecule has 0 spiro atoms. The summed E-state index contributed by atoms with van der Waals surface area (Å²) < 4.78 is 1.89. The molecule has 0 amide bonds. The summed E-state index contributed by atoms with van der Waals surface area (Å²) in [5.41, 5.74) is 6.73. The Hall–Kier alpha value is -1.82. The van der Waals surface area contributed by atoms with E-state index in [0.29, 0.717) is 16.8 Å². The van der Waals surface area contributed by atoms with E-state index in [1.807, 2.05) is 10.7 Å². The summed E-state index contributed by atoms with van der Waals surface area (Å²) in [6.07, 6.45) is 7.27. The second kappa shape index (κ2) is 5.66. The van der Waals surface area contributed by atoms with Gasteiger partial charge in [0.1, 0.15) is 18.5 Å². The molecule has 6 nitrogen and oxygen atoms in total. The summed E-state index contributed by atoms with van der Waals surface area (Å²) in [5, 5.41) is 4.82. The number of hydrogen-bond donors (Lipinski definition) is 1. The number of halogens is 1. The number of aromatic nitrogens is 4. The highest BCUT2D eigenvalue weighted by molar-refractivity contribution is 6.33. The molecule has 0 radical (unpaired) electrons. The van der Waals surface area contributed by atoms with Crippen LogP contribution >= 0.6 is 11.6 Å². The fraction of sp³-hybridized carbons (Fsp3) is 0.462. The third-order valence-corrected chi connectivity index (χ3v) is 3.92. The van der Waals surface area contributed by atoms with Gasteiger partial charge in [0, 0.05) is 31.9 Å². The molecule has 1 aliphatic heterocycles. The molecule has 106 valence electrons. The second-order valence-electron chi connectivity index (χ2n) is 5.13. The summed E-state index contributed by atoms with van der Waals surface area (Å²) >= 11 is 6.23. The largest absolute Gasteiger partial charge is 0.384 e. The van der Waals surface area contributed by atoms with Crippen LogP contribution in [0.3, 0.4) is 0 Å². The minimum absolute atomic E-state index is 0.503. The third kappa shape index (κ3) is 2.85. The highest BCUT2D eigenvalue weighted by Gasteiger charge is 2.22. The molecule has 1 saturated heterocycles. The first-order valence-corrected chi connectivity index (χ1v) is 7.08. The van der Waals surface area contributed by atoms with Gasteiger partial charge in [-0.05, 0) is 18.8 Å². The van der Waals surface area contributed by atoms with Gasteiger partial charge in [-0.15, -0.1) is 0 Å². The summed E-state index contributed by atoms with van der Waals surface area (Å²) in [6.45, 7) is 2.83. The molecule has 2 aromatic heterocycles. The average Bonchev–Trinajstić information content (AvgIpc) is 2.95. The van der Waals surface area contributed by atoms with Crippen LogP contribution in [-0.4, -0.2) is 32.8 Å². The molecule has 0 aromatic carbocycles. The van der Waals surface area contributed by atoms with E-state index in [1.54, 1.807) is 18.9 Å². The van der Waals surface area contributed by atoms with Crippen LogP contribution in [-0.2, 0) is 6.54 Å². The van der Waals surface area contributed by atoms with E-state index < -0.39 is 0 Å². The molecule has 7 heteroatoms. The van der Waals surface area contributed by atoms with Crippen LogP contribution in [0.2, 0.25) is 5.02 Å². The van der Waals surface area contributed by atoms with E-state index in [-0.39, 0.29) is 0 Å². The highest BCUT2D eigenvalue weighted by Crippen LogP contribution is 2.30. The van der Waals surface area contributed by atoms with Crippen molar-refractivity contribution in [3.63, 3.8) is 0 Å². The molecule has 2 aromatic rings. The molecule has 1 aliphatic rings. The van der Waals surface area contributed by atoms with Crippen LogP contribution in [0.5, 0.6) is 0 Å². The van der Waals surface area contributed by atoms with Gasteiger partial charge in [0.2, 0.25) is 0 Å². The predicted molar refractivity (Wildman–Crippen MR) is 78.6 cm³/mol. The zero-order chi connectivity index (χ0) is 13.9. The van der Waals surface area contributed by atoms with Crippen molar-refractivity contribution in [2.45, 2.75) is 19.4 Å². The number of pyridine rings is 1. The Kier molecular flexibility index (Phi) is 3.73. The number of rotatable bonds is 3. The van der Waals surface area contributed by atoms with Crippen molar-refractivity contribution in [1.82, 2.24) is 19.7 Å². The minimum Gasteiger partial charge on any atom is -0.384 e. The van der Waals surface area contributed by atoms with Gasteiger partial charge in [-0.2, -0.15) is 5.10 Å². The van der Waals surface area contributed by atoms with Crippen molar-refractivity contribution < 1.29 is 0 Å². The SMILES string of the molecule is Nc1cc(N2CCCC(Cn3cncn3)C2)c(Cl)cn1. The summed E-state index contributed by atoms with van der Waals surface area (Å²) in [6, 6.07) is 1.85. The number of nitrogens with two attached hydrogens (primary N) is 1. The topological polar surface area (TPSA) is 72.9 Å². The van der Waals surface area contributed by atoms with Gasteiger partial charge in [-0.1, -0.05) is 11.6 Å². The van der Waals surface area contributed by atoms with Crippen LogP contribution in [0.15, 0.2) is 24.9 Å². The summed E-state index contributed by atoms with van der Waals surface area (Å²) in [4.78, 5) is 10.3. The van der Waals surface area contributed by atoms with Gasteiger partial charge < -0.3 is 10.6 Å². The Labute approximate surface area is 122 Å². The maximum Gasteiger partial charge on any atom is 0.137 e. The van der Waals surface area contributed by atoms with Crippen LogP contribution in [0.4, 0.5) is 11.5 Å². The minimum atomic E-state index is 0.503. The summed E-state index contributed by atoms with van der Waals surface area (Å²) in [5.74, 6) is 1.04. The Morgan fingerprint density at radius 3 is 3.15 bits per heavy atom. The first kappa shape index (κ1) is 13.2. The van der Waals surface area contributed by atoms with E-state index in [4.69, 9.17) is 17.3 Å². The quantitative estimate of drug-likeness (QED) is 0.934. The number of nitrogen functional groups attached to an aromatic ring is 1. The van der Waals surface area contributed by atoms with Gasteiger partial charge in [-0.3, -0.25) is 4.68 Å². The van der Waals surface area contributed by atoms with Gasteiger partial charge >= 0.3 is 0 Å². The van der Waals surface area contributed by atoms with Crippen LogP contribution < -0.4 is 10.6 Å². The third-order valence-electron chi connectivity index (χ3n) is 3.63. The van der Waals surface area contributed by atoms with E-state index in [1.165, 1.54) is 6.42 Å². The first-order valence-electron chi connectivity index (χ1n) is 6.71. The van der Waals surface area contributed by atoms with Crippen LogP contribution in [0.1, 0.15) is 12.8 Å². The van der Waals surface area contributed by atoms with Crippen molar-refractivity contribution in [3.8, 4) is 0 Å². The smallest absolute Gasteiger partial charge is 0.137 e. The highest BCUT2D eigenvalue weighted by atomic mass is 35.5. The average molecular weight is 293 g/mol. The lowest BCUT2D eigenvalue weighted by molar-refractivity contribution is 0.351. The zero-order valence-corrected chi connectivity index (χ0v) is 11.9. The molecule has 0 bridgehead atoms. The lowest BCUT2D eigenvalue weighted by Crippen LogP contribution is -2.37. The zero-order valence-electron chi connectivity index (χ0n) is 11.1. The molecular formula is C13H17ClN6. The molecule has 20 heavy (non-hydrogen) atoms. The van der Waals surface area contributed by atoms with Crippen molar-refractivity contribution >= 4 is 23.1 Å². The first-order chi connectivity index (χ1) is 9.72. The molecule has 1 fully saturated rings. The Bertz CT molecular complexity index is 570. The van der Waals surface area contributed by atoms with Gasteiger partial charge in [0.15, 0.2) is 0 Å². The Balaban J connectivity index is 1.73. The Morgan fingerprint density at radius 1 is 1.45 bits per heavy atom. The van der Waals surface area contributed by atoms with Crippen LogP contribution in [0, 0.1) is 5.92 Å². The molecule has 3 heterocycles. The maximum atomic E-state index is 6.23. The standard InChI is InChI=1S/C13H17ClN6/c14-11-5-17-13(15)4-12(11)19-3-1-2-10(6-19)7-20-9-16-8-18-20/h4-5,8-10H,1-3,6-7H2,(H2,15,17). The molecule has 0 saturated carbocycles. The monoisotopic (exact) mass is 292 g/mol. The number of hydrogen-bond acceptors (Lipinski definition) is 5. The van der Waals surface area contributed by atoms with Crippen molar-refractivity contribution in [1.29, 1.82) is 0 Å². The van der Waals surface area contributed by atoms with Gasteiger partial charge in [0.25, 0.3) is 0 Å². The van der Waals surface area contributed by atoms with Crippen LogP contribution in [0.25, 0.3) is 0 Å². The molecule has 3 rings (SSSR count). The van der Waals surface area contributed by atoms with Gasteiger partial charge in [-0.25, -0.2) is 9.97 Å². The molecule has 2 N–H and O–H groups in total. The van der Waals surface area contributed by atoms with Crippen molar-refractivity contribution in [3.05, 3.63) is 29.9 Å². The lowest BCUT2D eigenvalue weighted by Gasteiger charge is -2.34. The number of nitrogens with zero attached hydrogens (tertiary/aromatic N) is 5. The van der Waals surface area contributed by atoms with Crippen molar-refractivity contribution in [2.24, 2.45) is 5.92 Å². The lowest BCUT2D eigenvalue weighted by atomic mass is 9.97. The normalized spacial score (nSPS) is 19.2. The second-order valence-corrected chi connectivity index (χ2v) is 5.54. The van der Waals surface area contributed by atoms with E-state index in [0.717, 1.165) is 31.7 Å². The molecular weight excluding hydrogens is 276 g/mol. The number of anilines is 2. The van der Waals surface area contributed by atoms with E-state index >= 15 is 0 Å².